The quantitative estimate of drug-likeness (QED) is 0.636. The Bertz CT molecular complexity index is 590. The third kappa shape index (κ3) is 4.49. The van der Waals surface area contributed by atoms with Gasteiger partial charge in [-0.1, -0.05) is 19.1 Å². The van der Waals surface area contributed by atoms with Gasteiger partial charge < -0.3 is 15.8 Å². The summed E-state index contributed by atoms with van der Waals surface area (Å²) in [6.45, 7) is 3.57. The summed E-state index contributed by atoms with van der Waals surface area (Å²) in [4.78, 5) is 5.54. The monoisotopic (exact) mass is 303 g/mol. The molecule has 0 saturated carbocycles. The topological polar surface area (TPSA) is 59.6 Å². The largest absolute Gasteiger partial charge is 0.497 e. The van der Waals surface area contributed by atoms with Crippen molar-refractivity contribution in [3.05, 3.63) is 40.6 Å². The van der Waals surface area contributed by atoms with Crippen molar-refractivity contribution >= 4 is 17.3 Å². The van der Waals surface area contributed by atoms with Gasteiger partial charge in [-0.05, 0) is 41.1 Å². The average Bonchev–Trinajstić information content (AvgIpc) is 3.00. The Morgan fingerprint density at radius 3 is 2.71 bits per heavy atom. The number of benzene rings is 1. The average molecular weight is 303 g/mol. The molecule has 112 valence electrons. The Hall–Kier alpha value is -2.01. The minimum atomic E-state index is 0.510. The van der Waals surface area contributed by atoms with Gasteiger partial charge in [0.1, 0.15) is 5.75 Å². The predicted molar refractivity (Wildman–Crippen MR) is 89.9 cm³/mol. The number of nitrogens with zero attached hydrogens (tertiary/aromatic N) is 1. The molecule has 0 atom stereocenters. The molecule has 0 radical (unpaired) electrons. The summed E-state index contributed by atoms with van der Waals surface area (Å²) < 4.78 is 5.17. The van der Waals surface area contributed by atoms with E-state index >= 15 is 0 Å². The van der Waals surface area contributed by atoms with E-state index in [1.54, 1.807) is 18.4 Å². The van der Waals surface area contributed by atoms with Crippen molar-refractivity contribution in [1.29, 1.82) is 0 Å². The van der Waals surface area contributed by atoms with Crippen LogP contribution in [0.1, 0.15) is 18.2 Å². The molecule has 0 saturated heterocycles. The number of thiophene rings is 1. The number of aliphatic imine (C=N–C) groups is 1. The number of rotatable bonds is 6. The maximum Gasteiger partial charge on any atom is 0.188 e. The Labute approximate surface area is 129 Å². The number of hydrogen-bond acceptors (Lipinski definition) is 3. The lowest BCUT2D eigenvalue weighted by atomic mass is 10.1. The second-order valence-corrected chi connectivity index (χ2v) is 5.65. The summed E-state index contributed by atoms with van der Waals surface area (Å²) in [7, 11) is 1.67. The number of nitrogens with two attached hydrogens (primary N) is 1. The third-order valence-corrected chi connectivity index (χ3v) is 3.96. The van der Waals surface area contributed by atoms with Crippen LogP contribution in [0.3, 0.4) is 0 Å². The van der Waals surface area contributed by atoms with Crippen LogP contribution in [0.2, 0.25) is 0 Å². The van der Waals surface area contributed by atoms with Crippen LogP contribution in [0.5, 0.6) is 5.75 Å². The Morgan fingerprint density at radius 1 is 1.29 bits per heavy atom. The zero-order chi connectivity index (χ0) is 15.1. The second-order valence-electron chi connectivity index (χ2n) is 4.66. The van der Waals surface area contributed by atoms with Gasteiger partial charge in [0.25, 0.3) is 0 Å². The standard InChI is InChI=1S/C16H21N3OS/c1-3-8-18-16(17)19-10-15-9-13(11-21-15)12-4-6-14(20-2)7-5-12/h4-7,9,11H,3,8,10H2,1-2H3,(H3,17,18,19). The molecule has 3 N–H and O–H groups in total. The second kappa shape index (κ2) is 7.69. The minimum Gasteiger partial charge on any atom is -0.497 e. The van der Waals surface area contributed by atoms with Crippen molar-refractivity contribution < 1.29 is 4.74 Å². The van der Waals surface area contributed by atoms with Crippen LogP contribution in [-0.2, 0) is 6.54 Å². The van der Waals surface area contributed by atoms with Gasteiger partial charge in [0.05, 0.1) is 13.7 Å². The summed E-state index contributed by atoms with van der Waals surface area (Å²) in [5.41, 5.74) is 8.17. The van der Waals surface area contributed by atoms with E-state index in [-0.39, 0.29) is 0 Å². The first-order chi connectivity index (χ1) is 10.2. The van der Waals surface area contributed by atoms with Crippen LogP contribution in [0.25, 0.3) is 11.1 Å². The van der Waals surface area contributed by atoms with Crippen LogP contribution in [-0.4, -0.2) is 19.6 Å². The molecular weight excluding hydrogens is 282 g/mol. The molecule has 1 heterocycles. The van der Waals surface area contributed by atoms with Gasteiger partial charge in [-0.15, -0.1) is 11.3 Å². The zero-order valence-electron chi connectivity index (χ0n) is 12.4. The normalized spacial score (nSPS) is 11.4. The van der Waals surface area contributed by atoms with E-state index in [9.17, 15) is 0 Å². The lowest BCUT2D eigenvalue weighted by Gasteiger charge is -2.02. The van der Waals surface area contributed by atoms with Gasteiger partial charge in [0, 0.05) is 11.4 Å². The molecule has 2 aromatic rings. The fourth-order valence-electron chi connectivity index (χ4n) is 1.87. The number of hydrogen-bond donors (Lipinski definition) is 2. The van der Waals surface area contributed by atoms with E-state index in [1.807, 2.05) is 12.1 Å². The van der Waals surface area contributed by atoms with Gasteiger partial charge in [0.2, 0.25) is 0 Å². The first kappa shape index (κ1) is 15.4. The van der Waals surface area contributed by atoms with Crippen molar-refractivity contribution in [2.24, 2.45) is 10.7 Å². The lowest BCUT2D eigenvalue weighted by molar-refractivity contribution is 0.415. The maximum absolute atomic E-state index is 5.79. The molecule has 5 heteroatoms. The SMILES string of the molecule is CCCNC(N)=NCc1cc(-c2ccc(OC)cc2)cs1. The van der Waals surface area contributed by atoms with Crippen LogP contribution in [0, 0.1) is 0 Å². The maximum atomic E-state index is 5.79. The summed E-state index contributed by atoms with van der Waals surface area (Å²) >= 11 is 1.70. The number of ether oxygens (including phenoxy) is 1. The highest BCUT2D eigenvalue weighted by Gasteiger charge is 2.03. The van der Waals surface area contributed by atoms with Gasteiger partial charge >= 0.3 is 0 Å². The molecule has 4 nitrogen and oxygen atoms in total. The van der Waals surface area contributed by atoms with Crippen LogP contribution < -0.4 is 15.8 Å². The Kier molecular flexibility index (Phi) is 5.63. The highest BCUT2D eigenvalue weighted by atomic mass is 32.1. The fourth-order valence-corrected chi connectivity index (χ4v) is 2.69. The summed E-state index contributed by atoms with van der Waals surface area (Å²) in [6, 6.07) is 10.2. The fraction of sp³-hybridized carbons (Fsp3) is 0.312. The first-order valence-electron chi connectivity index (χ1n) is 6.98. The summed E-state index contributed by atoms with van der Waals surface area (Å²) in [6.07, 6.45) is 1.04. The highest BCUT2D eigenvalue weighted by molar-refractivity contribution is 7.10. The van der Waals surface area contributed by atoms with E-state index in [2.05, 4.69) is 40.8 Å². The van der Waals surface area contributed by atoms with Gasteiger partial charge in [0.15, 0.2) is 5.96 Å². The third-order valence-electron chi connectivity index (χ3n) is 3.04. The molecule has 0 aliphatic carbocycles. The van der Waals surface area contributed by atoms with E-state index in [1.165, 1.54) is 16.0 Å². The molecule has 0 spiro atoms. The van der Waals surface area contributed by atoms with E-state index in [0.29, 0.717) is 12.5 Å². The molecule has 0 aliphatic heterocycles. The van der Waals surface area contributed by atoms with Gasteiger partial charge in [-0.3, -0.25) is 0 Å². The van der Waals surface area contributed by atoms with Crippen molar-refractivity contribution in [3.63, 3.8) is 0 Å². The molecule has 0 aliphatic rings. The van der Waals surface area contributed by atoms with Crippen molar-refractivity contribution in [2.75, 3.05) is 13.7 Å². The summed E-state index contributed by atoms with van der Waals surface area (Å²) in [5.74, 6) is 1.38. The Morgan fingerprint density at radius 2 is 2.05 bits per heavy atom. The highest BCUT2D eigenvalue weighted by Crippen LogP contribution is 2.27. The molecular formula is C16H21N3OS. The molecule has 0 amide bonds. The summed E-state index contributed by atoms with van der Waals surface area (Å²) in [5, 5.41) is 5.21. The molecule has 1 aromatic carbocycles. The molecule has 0 unspecified atom stereocenters. The van der Waals surface area contributed by atoms with Gasteiger partial charge in [-0.25, -0.2) is 4.99 Å². The zero-order valence-corrected chi connectivity index (χ0v) is 13.2. The lowest BCUT2D eigenvalue weighted by Crippen LogP contribution is -2.32. The van der Waals surface area contributed by atoms with Crippen molar-refractivity contribution in [1.82, 2.24) is 5.32 Å². The minimum absolute atomic E-state index is 0.510. The predicted octanol–water partition coefficient (Wildman–Crippen LogP) is 3.24. The number of nitrogens with one attached hydrogen (secondary N) is 1. The van der Waals surface area contributed by atoms with E-state index in [0.717, 1.165) is 18.7 Å². The van der Waals surface area contributed by atoms with Gasteiger partial charge in [-0.2, -0.15) is 0 Å². The van der Waals surface area contributed by atoms with E-state index < -0.39 is 0 Å². The van der Waals surface area contributed by atoms with Crippen LogP contribution in [0.15, 0.2) is 40.7 Å². The molecule has 0 bridgehead atoms. The molecule has 1 aromatic heterocycles. The van der Waals surface area contributed by atoms with E-state index in [4.69, 9.17) is 10.5 Å². The van der Waals surface area contributed by atoms with Crippen LogP contribution >= 0.6 is 11.3 Å². The molecule has 21 heavy (non-hydrogen) atoms. The molecule has 2 rings (SSSR count). The number of methoxy groups -OCH3 is 1. The van der Waals surface area contributed by atoms with Crippen molar-refractivity contribution in [2.45, 2.75) is 19.9 Å². The number of guanidine groups is 1. The Balaban J connectivity index is 2.00. The van der Waals surface area contributed by atoms with Crippen LogP contribution in [0.4, 0.5) is 0 Å². The molecule has 0 fully saturated rings. The first-order valence-corrected chi connectivity index (χ1v) is 7.86. The smallest absolute Gasteiger partial charge is 0.188 e. The van der Waals surface area contributed by atoms with Crippen molar-refractivity contribution in [3.8, 4) is 16.9 Å².